The molecule has 0 bridgehead atoms. The van der Waals surface area contributed by atoms with Gasteiger partial charge in [0.05, 0.1) is 15.6 Å². The second-order valence-electron chi connectivity index (χ2n) is 9.02. The number of piperidine rings is 1. The maximum Gasteiger partial charge on any atom is 0.243 e. The molecule has 7 nitrogen and oxygen atoms in total. The van der Waals surface area contributed by atoms with Crippen molar-refractivity contribution in [3.05, 3.63) is 87.1 Å². The Morgan fingerprint density at radius 2 is 1.81 bits per heavy atom. The third-order valence-electron chi connectivity index (χ3n) is 6.66. The molecule has 1 fully saturated rings. The van der Waals surface area contributed by atoms with Gasteiger partial charge in [0.2, 0.25) is 10.0 Å². The molecule has 0 aliphatic carbocycles. The third-order valence-corrected chi connectivity index (χ3v) is 9.68. The number of allylic oxidation sites excluding steroid dienone is 2. The van der Waals surface area contributed by atoms with E-state index in [9.17, 15) is 8.42 Å². The lowest BCUT2D eigenvalue weighted by Crippen LogP contribution is -2.40. The predicted molar refractivity (Wildman–Crippen MR) is 151 cm³/mol. The van der Waals surface area contributed by atoms with Crippen LogP contribution in [0.15, 0.2) is 80.8 Å². The molecular formula is C26H27Br2N5O2S. The minimum Gasteiger partial charge on any atom is -0.370 e. The molecule has 0 spiro atoms. The molecule has 0 atom stereocenters. The van der Waals surface area contributed by atoms with Crippen LogP contribution in [0.5, 0.6) is 0 Å². The zero-order valence-corrected chi connectivity index (χ0v) is 23.8. The molecule has 1 aromatic heterocycles. The average molecular weight is 633 g/mol. The first kappa shape index (κ1) is 25.3. The van der Waals surface area contributed by atoms with Crippen molar-refractivity contribution in [1.82, 2.24) is 19.4 Å². The molecule has 2 aliphatic rings. The van der Waals surface area contributed by atoms with Gasteiger partial charge < -0.3 is 10.6 Å². The molecule has 188 valence electrons. The summed E-state index contributed by atoms with van der Waals surface area (Å²) < 4.78 is 31.3. The van der Waals surface area contributed by atoms with E-state index in [0.717, 1.165) is 51.1 Å². The number of hydrogen-bond donors (Lipinski definition) is 2. The summed E-state index contributed by atoms with van der Waals surface area (Å²) in [6.45, 7) is 3.86. The maximum absolute atomic E-state index is 13.0. The lowest BCUT2D eigenvalue weighted by molar-refractivity contribution is 0.272. The molecule has 1 saturated heterocycles. The van der Waals surface area contributed by atoms with Gasteiger partial charge in [-0.1, -0.05) is 40.2 Å². The smallest absolute Gasteiger partial charge is 0.243 e. The van der Waals surface area contributed by atoms with Crippen LogP contribution in [0.3, 0.4) is 0 Å². The molecule has 2 N–H and O–H groups in total. The quantitative estimate of drug-likeness (QED) is 0.366. The van der Waals surface area contributed by atoms with E-state index in [1.807, 2.05) is 23.0 Å². The lowest BCUT2D eigenvalue weighted by Gasteiger charge is -2.31. The third kappa shape index (κ3) is 5.18. The SMILES string of the molecule is Cc1ccccc1C1=CNc2c(Br)cnn2C(NCC2CCN(S(=O)(=O)c3ccc(Br)cc3)CC2)=C1. The molecule has 2 aromatic carbocycles. The summed E-state index contributed by atoms with van der Waals surface area (Å²) in [6, 6.07) is 15.1. The topological polar surface area (TPSA) is 79.3 Å². The van der Waals surface area contributed by atoms with Gasteiger partial charge in [0.1, 0.15) is 11.6 Å². The number of fused-ring (bicyclic) bond motifs is 1. The van der Waals surface area contributed by atoms with Crippen LogP contribution >= 0.6 is 31.9 Å². The van der Waals surface area contributed by atoms with E-state index in [1.54, 1.807) is 34.8 Å². The fraction of sp³-hybridized carbons (Fsp3) is 0.269. The van der Waals surface area contributed by atoms with Gasteiger partial charge in [-0.3, -0.25) is 0 Å². The predicted octanol–water partition coefficient (Wildman–Crippen LogP) is 5.67. The first-order chi connectivity index (χ1) is 17.3. The molecule has 10 heteroatoms. The van der Waals surface area contributed by atoms with Crippen LogP contribution in [0, 0.1) is 12.8 Å². The van der Waals surface area contributed by atoms with Gasteiger partial charge in [0.15, 0.2) is 0 Å². The Labute approximate surface area is 228 Å². The van der Waals surface area contributed by atoms with Gasteiger partial charge in [-0.15, -0.1) is 0 Å². The number of nitrogens with zero attached hydrogens (tertiary/aromatic N) is 3. The minimum atomic E-state index is -3.48. The molecule has 5 rings (SSSR count). The van der Waals surface area contributed by atoms with E-state index in [2.05, 4.69) is 72.7 Å². The highest BCUT2D eigenvalue weighted by molar-refractivity contribution is 9.10. The molecule has 36 heavy (non-hydrogen) atoms. The second kappa shape index (κ2) is 10.5. The van der Waals surface area contributed by atoms with Gasteiger partial charge >= 0.3 is 0 Å². The summed E-state index contributed by atoms with van der Waals surface area (Å²) in [7, 11) is -3.48. The number of halogens is 2. The first-order valence-electron chi connectivity index (χ1n) is 11.8. The highest BCUT2D eigenvalue weighted by atomic mass is 79.9. The first-order valence-corrected chi connectivity index (χ1v) is 14.8. The van der Waals surface area contributed by atoms with Crippen molar-refractivity contribution in [2.45, 2.75) is 24.7 Å². The summed E-state index contributed by atoms with van der Waals surface area (Å²) in [6.07, 6.45) is 7.48. The van der Waals surface area contributed by atoms with Crippen LogP contribution in [0.2, 0.25) is 0 Å². The van der Waals surface area contributed by atoms with Crippen molar-refractivity contribution >= 4 is 59.1 Å². The van der Waals surface area contributed by atoms with Crippen LogP contribution in [0.25, 0.3) is 11.4 Å². The number of anilines is 1. The van der Waals surface area contributed by atoms with Crippen molar-refractivity contribution in [2.75, 3.05) is 25.0 Å². The number of aryl methyl sites for hydroxylation is 1. The molecular weight excluding hydrogens is 606 g/mol. The molecule has 2 aliphatic heterocycles. The van der Waals surface area contributed by atoms with E-state index in [1.165, 1.54) is 5.56 Å². The van der Waals surface area contributed by atoms with Gasteiger partial charge in [0, 0.05) is 35.9 Å². The van der Waals surface area contributed by atoms with Crippen molar-refractivity contribution in [3.63, 3.8) is 0 Å². The fourth-order valence-corrected chi connectivity index (χ4v) is 6.68. The van der Waals surface area contributed by atoms with E-state index >= 15 is 0 Å². The van der Waals surface area contributed by atoms with Crippen LogP contribution in [0.1, 0.15) is 24.0 Å². The monoisotopic (exact) mass is 631 g/mol. The highest BCUT2D eigenvalue weighted by Gasteiger charge is 2.29. The van der Waals surface area contributed by atoms with Crippen LogP contribution in [0.4, 0.5) is 5.82 Å². The fourth-order valence-electron chi connectivity index (χ4n) is 4.57. The van der Waals surface area contributed by atoms with Crippen LogP contribution in [-0.2, 0) is 10.0 Å². The number of rotatable bonds is 6. The average Bonchev–Trinajstić information content (AvgIpc) is 3.14. The number of aromatic nitrogens is 2. The summed E-state index contributed by atoms with van der Waals surface area (Å²) >= 11 is 6.95. The Balaban J connectivity index is 1.29. The summed E-state index contributed by atoms with van der Waals surface area (Å²) in [5.74, 6) is 2.08. The standard InChI is InChI=1S/C26H27Br2N5O2S/c1-18-4-2-3-5-23(18)20-14-25(33-26(30-16-20)24(28)17-31-33)29-15-19-10-12-32(13-11-19)36(34,35)22-8-6-21(27)7-9-22/h2-9,14,16-17,19,29-30H,10-13,15H2,1H3. The van der Waals surface area contributed by atoms with E-state index in [4.69, 9.17) is 0 Å². The highest BCUT2D eigenvalue weighted by Crippen LogP contribution is 2.31. The Bertz CT molecular complexity index is 1420. The van der Waals surface area contributed by atoms with Crippen molar-refractivity contribution in [1.29, 1.82) is 0 Å². The number of benzene rings is 2. The molecule has 3 heterocycles. The molecule has 0 unspecified atom stereocenters. The van der Waals surface area contributed by atoms with E-state index in [0.29, 0.717) is 23.9 Å². The van der Waals surface area contributed by atoms with Crippen LogP contribution in [-0.4, -0.2) is 42.1 Å². The molecule has 0 saturated carbocycles. The van der Waals surface area contributed by atoms with Gasteiger partial charge in [0.25, 0.3) is 0 Å². The lowest BCUT2D eigenvalue weighted by atomic mass is 9.98. The molecule has 3 aromatic rings. The summed E-state index contributed by atoms with van der Waals surface area (Å²) in [4.78, 5) is 0.339. The number of sulfonamides is 1. The molecule has 0 radical (unpaired) electrons. The zero-order valence-electron chi connectivity index (χ0n) is 19.8. The second-order valence-corrected chi connectivity index (χ2v) is 12.7. The Hall–Kier alpha value is -2.40. The number of hydrogen-bond acceptors (Lipinski definition) is 5. The molecule has 0 amide bonds. The van der Waals surface area contributed by atoms with Crippen molar-refractivity contribution < 1.29 is 8.42 Å². The van der Waals surface area contributed by atoms with E-state index < -0.39 is 10.0 Å². The summed E-state index contributed by atoms with van der Waals surface area (Å²) in [5.41, 5.74) is 3.40. The Kier molecular flexibility index (Phi) is 7.39. The maximum atomic E-state index is 13.0. The largest absolute Gasteiger partial charge is 0.370 e. The van der Waals surface area contributed by atoms with Gasteiger partial charge in [-0.25, -0.2) is 13.1 Å². The normalized spacial score (nSPS) is 17.0. The van der Waals surface area contributed by atoms with Gasteiger partial charge in [-0.2, -0.15) is 9.40 Å². The summed E-state index contributed by atoms with van der Waals surface area (Å²) in [5, 5.41) is 11.5. The van der Waals surface area contributed by atoms with E-state index in [-0.39, 0.29) is 0 Å². The zero-order chi connectivity index (χ0) is 25.3. The minimum absolute atomic E-state index is 0.339. The van der Waals surface area contributed by atoms with Crippen molar-refractivity contribution in [3.8, 4) is 0 Å². The Morgan fingerprint density at radius 1 is 1.08 bits per heavy atom. The van der Waals surface area contributed by atoms with Gasteiger partial charge in [-0.05, 0) is 83.1 Å². The van der Waals surface area contributed by atoms with Crippen molar-refractivity contribution in [2.24, 2.45) is 5.92 Å². The number of nitrogens with one attached hydrogen (secondary N) is 2. The Morgan fingerprint density at radius 3 is 2.53 bits per heavy atom. The van der Waals surface area contributed by atoms with Crippen LogP contribution < -0.4 is 10.6 Å².